The molecule has 0 saturated carbocycles. The van der Waals surface area contributed by atoms with Crippen LogP contribution in [0.3, 0.4) is 0 Å². The number of ketones is 1. The summed E-state index contributed by atoms with van der Waals surface area (Å²) in [6, 6.07) is 1.15. The number of hydrogen-bond acceptors (Lipinski definition) is 3. The zero-order valence-corrected chi connectivity index (χ0v) is 9.83. The molecule has 1 N–H and O–H groups in total. The Bertz CT molecular complexity index is 423. The van der Waals surface area contributed by atoms with E-state index in [9.17, 15) is 14.0 Å². The van der Waals surface area contributed by atoms with Crippen molar-refractivity contribution in [3.8, 4) is 0 Å². The third-order valence-electron chi connectivity index (χ3n) is 1.87. The fourth-order valence-electron chi connectivity index (χ4n) is 1.14. The monoisotopic (exact) mass is 289 g/mol. The summed E-state index contributed by atoms with van der Waals surface area (Å²) in [6.45, 7) is 0. The van der Waals surface area contributed by atoms with E-state index in [0.717, 1.165) is 12.3 Å². The molecule has 1 rings (SSSR count). The minimum absolute atomic E-state index is 0.0649. The summed E-state index contributed by atoms with van der Waals surface area (Å²) < 4.78 is 13.0. The van der Waals surface area contributed by atoms with Crippen LogP contribution in [0, 0.1) is 5.82 Å². The first kappa shape index (κ1) is 12.8. The number of carboxylic acid groups (broad SMARTS) is 1. The quantitative estimate of drug-likeness (QED) is 0.846. The van der Waals surface area contributed by atoms with Gasteiger partial charge in [-0.15, -0.1) is 0 Å². The summed E-state index contributed by atoms with van der Waals surface area (Å²) in [5, 5.41) is 8.40. The highest BCUT2D eigenvalue weighted by atomic mass is 79.9. The van der Waals surface area contributed by atoms with Crippen LogP contribution in [0.1, 0.15) is 29.8 Å². The van der Waals surface area contributed by atoms with E-state index in [1.807, 2.05) is 0 Å². The molecule has 0 aliphatic heterocycles. The SMILES string of the molecule is O=C(O)CCCC(=O)c1ncc(F)cc1Br. The van der Waals surface area contributed by atoms with Gasteiger partial charge >= 0.3 is 5.97 Å². The summed E-state index contributed by atoms with van der Waals surface area (Å²) in [7, 11) is 0. The molecule has 0 fully saturated rings. The molecule has 6 heteroatoms. The van der Waals surface area contributed by atoms with Crippen molar-refractivity contribution in [2.45, 2.75) is 19.3 Å². The molecule has 1 aromatic heterocycles. The molecule has 1 aromatic rings. The Kier molecular flexibility index (Phi) is 4.54. The van der Waals surface area contributed by atoms with Gasteiger partial charge < -0.3 is 5.11 Å². The van der Waals surface area contributed by atoms with Gasteiger partial charge in [0.15, 0.2) is 5.78 Å². The largest absolute Gasteiger partial charge is 0.481 e. The van der Waals surface area contributed by atoms with Crippen LogP contribution in [0.15, 0.2) is 16.7 Å². The Labute approximate surface area is 99.6 Å². The zero-order valence-electron chi connectivity index (χ0n) is 8.24. The van der Waals surface area contributed by atoms with Crippen molar-refractivity contribution in [3.05, 3.63) is 28.2 Å². The van der Waals surface area contributed by atoms with Gasteiger partial charge in [0, 0.05) is 17.3 Å². The van der Waals surface area contributed by atoms with Crippen LogP contribution in [0.4, 0.5) is 4.39 Å². The predicted molar refractivity (Wildman–Crippen MR) is 57.7 cm³/mol. The molecule has 0 aromatic carbocycles. The highest BCUT2D eigenvalue weighted by Gasteiger charge is 2.12. The normalized spacial score (nSPS) is 10.1. The second kappa shape index (κ2) is 5.69. The molecule has 0 bridgehead atoms. The fourth-order valence-corrected chi connectivity index (χ4v) is 1.68. The lowest BCUT2D eigenvalue weighted by atomic mass is 10.1. The van der Waals surface area contributed by atoms with E-state index >= 15 is 0 Å². The molecule has 86 valence electrons. The summed E-state index contributed by atoms with van der Waals surface area (Å²) >= 11 is 3.03. The third-order valence-corrected chi connectivity index (χ3v) is 2.47. The van der Waals surface area contributed by atoms with Crippen molar-refractivity contribution in [2.24, 2.45) is 0 Å². The molecule has 0 spiro atoms. The molecule has 0 radical (unpaired) electrons. The van der Waals surface area contributed by atoms with Gasteiger partial charge in [-0.2, -0.15) is 0 Å². The summed E-state index contributed by atoms with van der Waals surface area (Å²) in [4.78, 5) is 25.5. The van der Waals surface area contributed by atoms with Crippen molar-refractivity contribution in [3.63, 3.8) is 0 Å². The molecule has 0 saturated heterocycles. The molecule has 0 aliphatic rings. The van der Waals surface area contributed by atoms with Crippen LogP contribution in [-0.2, 0) is 4.79 Å². The molecule has 0 aliphatic carbocycles. The Morgan fingerprint density at radius 1 is 1.44 bits per heavy atom. The number of nitrogens with zero attached hydrogens (tertiary/aromatic N) is 1. The van der Waals surface area contributed by atoms with E-state index in [2.05, 4.69) is 20.9 Å². The van der Waals surface area contributed by atoms with Crippen molar-refractivity contribution in [1.82, 2.24) is 4.98 Å². The maximum atomic E-state index is 12.7. The van der Waals surface area contributed by atoms with Gasteiger partial charge in [0.2, 0.25) is 0 Å². The Morgan fingerprint density at radius 3 is 2.69 bits per heavy atom. The van der Waals surface area contributed by atoms with Gasteiger partial charge in [-0.1, -0.05) is 0 Å². The van der Waals surface area contributed by atoms with E-state index in [1.54, 1.807) is 0 Å². The first-order valence-corrected chi connectivity index (χ1v) is 5.36. The maximum Gasteiger partial charge on any atom is 0.303 e. The summed E-state index contributed by atoms with van der Waals surface area (Å²) in [6.07, 6.45) is 1.23. The zero-order chi connectivity index (χ0) is 12.1. The second-order valence-electron chi connectivity index (χ2n) is 3.15. The van der Waals surface area contributed by atoms with Gasteiger partial charge in [-0.05, 0) is 28.4 Å². The molecule has 16 heavy (non-hydrogen) atoms. The Morgan fingerprint density at radius 2 is 2.12 bits per heavy atom. The highest BCUT2D eigenvalue weighted by Crippen LogP contribution is 2.17. The lowest BCUT2D eigenvalue weighted by Crippen LogP contribution is -2.05. The molecule has 0 unspecified atom stereocenters. The number of aliphatic carboxylic acids is 1. The number of carbonyl (C=O) groups excluding carboxylic acids is 1. The van der Waals surface area contributed by atoms with Gasteiger partial charge in [0.1, 0.15) is 11.5 Å². The molecular weight excluding hydrogens is 281 g/mol. The second-order valence-corrected chi connectivity index (χ2v) is 4.01. The van der Waals surface area contributed by atoms with Gasteiger partial charge in [0.05, 0.1) is 6.20 Å². The van der Waals surface area contributed by atoms with E-state index in [1.165, 1.54) is 0 Å². The van der Waals surface area contributed by atoms with Crippen LogP contribution in [0.2, 0.25) is 0 Å². The number of rotatable bonds is 5. The van der Waals surface area contributed by atoms with Crippen molar-refractivity contribution in [2.75, 3.05) is 0 Å². The first-order chi connectivity index (χ1) is 7.50. The third kappa shape index (κ3) is 3.69. The molecule has 0 amide bonds. The summed E-state index contributed by atoms with van der Waals surface area (Å²) in [5.41, 5.74) is 0.131. The van der Waals surface area contributed by atoms with Crippen molar-refractivity contribution >= 4 is 27.7 Å². The number of halogens is 2. The van der Waals surface area contributed by atoms with E-state index in [4.69, 9.17) is 5.11 Å². The lowest BCUT2D eigenvalue weighted by Gasteiger charge is -2.01. The molecule has 4 nitrogen and oxygen atoms in total. The fraction of sp³-hybridized carbons (Fsp3) is 0.300. The number of hydrogen-bond donors (Lipinski definition) is 1. The Balaban J connectivity index is 2.63. The average molecular weight is 290 g/mol. The number of aromatic nitrogens is 1. The van der Waals surface area contributed by atoms with Crippen LogP contribution in [0.5, 0.6) is 0 Å². The van der Waals surface area contributed by atoms with E-state index in [0.29, 0.717) is 0 Å². The average Bonchev–Trinajstić information content (AvgIpc) is 2.16. The number of carboxylic acids is 1. The number of carbonyl (C=O) groups is 2. The topological polar surface area (TPSA) is 67.3 Å². The predicted octanol–water partition coefficient (Wildman–Crippen LogP) is 2.42. The summed E-state index contributed by atoms with van der Waals surface area (Å²) in [5.74, 6) is -1.78. The highest BCUT2D eigenvalue weighted by molar-refractivity contribution is 9.10. The number of Topliss-reactive ketones (excluding diaryl/α,β-unsaturated/α-hetero) is 1. The molecule has 0 atom stereocenters. The van der Waals surface area contributed by atoms with Crippen molar-refractivity contribution in [1.29, 1.82) is 0 Å². The van der Waals surface area contributed by atoms with Crippen molar-refractivity contribution < 1.29 is 19.1 Å². The Hall–Kier alpha value is -1.30. The van der Waals surface area contributed by atoms with Gasteiger partial charge in [-0.3, -0.25) is 9.59 Å². The minimum atomic E-state index is -0.945. The minimum Gasteiger partial charge on any atom is -0.481 e. The van der Waals surface area contributed by atoms with Crippen LogP contribution < -0.4 is 0 Å². The lowest BCUT2D eigenvalue weighted by molar-refractivity contribution is -0.137. The first-order valence-electron chi connectivity index (χ1n) is 4.56. The van der Waals surface area contributed by atoms with Gasteiger partial charge in [-0.25, -0.2) is 9.37 Å². The molecule has 1 heterocycles. The van der Waals surface area contributed by atoms with E-state index in [-0.39, 0.29) is 35.2 Å². The van der Waals surface area contributed by atoms with Crippen LogP contribution in [-0.4, -0.2) is 21.8 Å². The maximum absolute atomic E-state index is 12.7. The van der Waals surface area contributed by atoms with Crippen LogP contribution >= 0.6 is 15.9 Å². The van der Waals surface area contributed by atoms with E-state index < -0.39 is 11.8 Å². The smallest absolute Gasteiger partial charge is 0.303 e. The standard InChI is InChI=1S/C10H9BrFNO3/c11-7-4-6(12)5-13-10(7)8(14)2-1-3-9(15)16/h4-5H,1-3H2,(H,15,16). The number of pyridine rings is 1. The molecular formula is C10H9BrFNO3. The van der Waals surface area contributed by atoms with Crippen LogP contribution in [0.25, 0.3) is 0 Å². The van der Waals surface area contributed by atoms with Gasteiger partial charge in [0.25, 0.3) is 0 Å².